The average Bonchev–Trinajstić information content (AvgIpc) is 2.98. The molecule has 0 saturated heterocycles. The van der Waals surface area contributed by atoms with Gasteiger partial charge in [-0.15, -0.1) is 0 Å². The second-order valence-electron chi connectivity index (χ2n) is 11.9. The van der Waals surface area contributed by atoms with Gasteiger partial charge in [0.25, 0.3) is 0 Å². The molecule has 7 nitrogen and oxygen atoms in total. The number of benzene rings is 1. The van der Waals surface area contributed by atoms with Crippen molar-refractivity contribution >= 4 is 11.8 Å². The Balaban J connectivity index is 1.71. The number of aliphatic hydroxyl groups is 3. The number of hydrogen-bond acceptors (Lipinski definition) is 7. The van der Waals surface area contributed by atoms with Gasteiger partial charge in [-0.2, -0.15) is 0 Å². The molecule has 1 aromatic rings. The van der Waals surface area contributed by atoms with Crippen LogP contribution in [0.4, 0.5) is 0 Å². The molecular formula is C29H39NO6. The third kappa shape index (κ3) is 3.88. The number of ether oxygens (including phenoxy) is 1. The maximum atomic E-state index is 13.2. The molecule has 7 heteroatoms. The number of aliphatic hydroxyl groups excluding tert-OH is 1. The maximum absolute atomic E-state index is 13.2. The number of fused-ring (bicyclic) bond motifs is 3. The van der Waals surface area contributed by atoms with Gasteiger partial charge in [0.2, 0.25) is 0 Å². The molecule has 196 valence electrons. The summed E-state index contributed by atoms with van der Waals surface area (Å²) in [6, 6.07) is 8.66. The van der Waals surface area contributed by atoms with Crippen LogP contribution >= 0.6 is 0 Å². The van der Waals surface area contributed by atoms with E-state index in [9.17, 15) is 24.9 Å². The highest BCUT2D eigenvalue weighted by molar-refractivity contribution is 6.04. The van der Waals surface area contributed by atoms with Crippen molar-refractivity contribution in [2.75, 3.05) is 6.61 Å². The normalized spacial score (nSPS) is 38.2. The monoisotopic (exact) mass is 497 g/mol. The molecule has 1 saturated carbocycles. The maximum Gasteiger partial charge on any atom is 0.323 e. The third-order valence-corrected chi connectivity index (χ3v) is 9.33. The first-order valence-corrected chi connectivity index (χ1v) is 12.7. The summed E-state index contributed by atoms with van der Waals surface area (Å²) in [5.41, 5.74) is 2.92. The van der Waals surface area contributed by atoms with Gasteiger partial charge in [0.1, 0.15) is 17.2 Å². The van der Waals surface area contributed by atoms with Gasteiger partial charge in [0.15, 0.2) is 5.78 Å². The molecule has 0 aromatic heterocycles. The van der Waals surface area contributed by atoms with E-state index in [-0.39, 0.29) is 13.0 Å². The van der Waals surface area contributed by atoms with Crippen LogP contribution in [-0.2, 0) is 20.7 Å². The average molecular weight is 498 g/mol. The minimum Gasteiger partial charge on any atom is -0.458 e. The van der Waals surface area contributed by atoms with E-state index in [4.69, 9.17) is 10.5 Å². The van der Waals surface area contributed by atoms with Crippen LogP contribution in [0.2, 0.25) is 0 Å². The predicted molar refractivity (Wildman–Crippen MR) is 136 cm³/mol. The highest BCUT2D eigenvalue weighted by Gasteiger charge is 2.69. The Morgan fingerprint density at radius 2 is 1.78 bits per heavy atom. The van der Waals surface area contributed by atoms with E-state index in [1.165, 1.54) is 0 Å². The highest BCUT2D eigenvalue weighted by Crippen LogP contribution is 2.63. The minimum atomic E-state index is -1.82. The second-order valence-corrected chi connectivity index (χ2v) is 11.9. The molecular weight excluding hydrogens is 458 g/mol. The number of Topliss-reactive ketones (excluding diaryl/α,β-unsaturated/α-hetero) is 1. The lowest BCUT2D eigenvalue weighted by Gasteiger charge is -2.61. The van der Waals surface area contributed by atoms with Crippen LogP contribution in [-0.4, -0.2) is 56.5 Å². The molecule has 36 heavy (non-hydrogen) atoms. The fraction of sp³-hybridized carbons (Fsp3) is 0.586. The molecule has 1 fully saturated rings. The number of ketones is 1. The van der Waals surface area contributed by atoms with Crippen LogP contribution in [0.15, 0.2) is 53.6 Å². The number of carbonyl (C=O) groups excluding carboxylic acids is 2. The van der Waals surface area contributed by atoms with E-state index in [2.05, 4.69) is 0 Å². The molecule has 4 rings (SSSR count). The molecule has 3 aliphatic carbocycles. The van der Waals surface area contributed by atoms with Crippen molar-refractivity contribution in [3.8, 4) is 0 Å². The zero-order chi connectivity index (χ0) is 26.7. The Morgan fingerprint density at radius 1 is 1.14 bits per heavy atom. The lowest BCUT2D eigenvalue weighted by Crippen LogP contribution is -2.69. The van der Waals surface area contributed by atoms with Crippen molar-refractivity contribution in [2.24, 2.45) is 28.9 Å². The lowest BCUT2D eigenvalue weighted by molar-refractivity contribution is -0.246. The molecule has 7 atom stereocenters. The van der Waals surface area contributed by atoms with E-state index in [0.717, 1.165) is 5.56 Å². The van der Waals surface area contributed by atoms with Crippen LogP contribution in [0, 0.1) is 23.2 Å². The van der Waals surface area contributed by atoms with Gasteiger partial charge in [0.05, 0.1) is 12.2 Å². The van der Waals surface area contributed by atoms with Gasteiger partial charge in [-0.3, -0.25) is 9.59 Å². The molecule has 1 aromatic carbocycles. The summed E-state index contributed by atoms with van der Waals surface area (Å²) in [6.45, 7) is 8.87. The lowest BCUT2D eigenvalue weighted by atomic mass is 9.48. The zero-order valence-electron chi connectivity index (χ0n) is 21.8. The number of nitrogens with two attached hydrogens (primary N) is 1. The van der Waals surface area contributed by atoms with Gasteiger partial charge in [0, 0.05) is 23.7 Å². The molecule has 0 spiro atoms. The number of hydrogen-bond donors (Lipinski definition) is 4. The third-order valence-electron chi connectivity index (χ3n) is 9.33. The van der Waals surface area contributed by atoms with Crippen molar-refractivity contribution < 1.29 is 29.6 Å². The first-order valence-electron chi connectivity index (χ1n) is 12.7. The van der Waals surface area contributed by atoms with Gasteiger partial charge in [-0.25, -0.2) is 0 Å². The van der Waals surface area contributed by atoms with Crippen LogP contribution in [0.3, 0.4) is 0 Å². The fourth-order valence-corrected chi connectivity index (χ4v) is 6.89. The van der Waals surface area contributed by atoms with E-state index in [1.807, 2.05) is 58.0 Å². The quantitative estimate of drug-likeness (QED) is 0.363. The predicted octanol–water partition coefficient (Wildman–Crippen LogP) is 2.47. The van der Waals surface area contributed by atoms with Gasteiger partial charge in [-0.05, 0) is 49.3 Å². The van der Waals surface area contributed by atoms with Crippen molar-refractivity contribution in [3.63, 3.8) is 0 Å². The Morgan fingerprint density at radius 3 is 2.39 bits per heavy atom. The van der Waals surface area contributed by atoms with E-state index < -0.39 is 57.8 Å². The molecule has 0 amide bonds. The summed E-state index contributed by atoms with van der Waals surface area (Å²) in [7, 11) is 0. The van der Waals surface area contributed by atoms with E-state index in [0.29, 0.717) is 24.0 Å². The Kier molecular flexibility index (Phi) is 6.62. The fourth-order valence-electron chi connectivity index (χ4n) is 6.89. The van der Waals surface area contributed by atoms with Crippen molar-refractivity contribution in [1.82, 2.24) is 0 Å². The van der Waals surface area contributed by atoms with E-state index >= 15 is 0 Å². The minimum absolute atomic E-state index is 0.0547. The van der Waals surface area contributed by atoms with Crippen molar-refractivity contribution in [2.45, 2.75) is 76.7 Å². The Labute approximate surface area is 213 Å². The summed E-state index contributed by atoms with van der Waals surface area (Å²) in [5, 5.41) is 34.1. The van der Waals surface area contributed by atoms with Crippen molar-refractivity contribution in [3.05, 3.63) is 59.2 Å². The topological polar surface area (TPSA) is 130 Å². The summed E-state index contributed by atoms with van der Waals surface area (Å²) in [4.78, 5) is 26.2. The number of esters is 1. The van der Waals surface area contributed by atoms with Crippen molar-refractivity contribution in [1.29, 1.82) is 0 Å². The molecule has 5 N–H and O–H groups in total. The largest absolute Gasteiger partial charge is 0.458 e. The van der Waals surface area contributed by atoms with Crippen LogP contribution in [0.25, 0.3) is 0 Å². The molecule has 0 bridgehead atoms. The van der Waals surface area contributed by atoms with Crippen LogP contribution < -0.4 is 5.73 Å². The first kappa shape index (κ1) is 26.7. The van der Waals surface area contributed by atoms with Gasteiger partial charge < -0.3 is 25.8 Å². The van der Waals surface area contributed by atoms with Gasteiger partial charge >= 0.3 is 5.97 Å². The molecule has 0 heterocycles. The zero-order valence-corrected chi connectivity index (χ0v) is 21.8. The highest BCUT2D eigenvalue weighted by atomic mass is 16.6. The summed E-state index contributed by atoms with van der Waals surface area (Å²) >= 11 is 0. The number of rotatable bonds is 5. The smallest absolute Gasteiger partial charge is 0.323 e. The Hall–Kier alpha value is -2.32. The van der Waals surface area contributed by atoms with E-state index in [1.54, 1.807) is 19.1 Å². The molecule has 3 aliphatic rings. The Bertz CT molecular complexity index is 1110. The molecule has 0 unspecified atom stereocenters. The SMILES string of the molecule is CC1=C[C@H]2[C@@]3(O)[C@H](C)C[C@@](C)(OC(=O)[C@@H](N)Cc4ccccc4)C(C)(C)[C@@H]3C=C(CO)C[C@]2(O)C1=O. The molecule has 0 radical (unpaired) electrons. The molecule has 0 aliphatic heterocycles. The standard InChI is InChI=1S/C29H39NO6/c1-17-11-23-28(34,24(17)32)15-20(16-31)13-22-26(3,4)27(5,14-18(2)29(22,23)35)36-25(33)21(30)12-19-9-7-6-8-10-19/h6-11,13,18,21-23,31,34-35H,12,14-16,30H2,1-5H3/t18-,21+,22+,23-,27-,28-,29-/m1/s1. The first-order chi connectivity index (χ1) is 16.7. The summed E-state index contributed by atoms with van der Waals surface area (Å²) < 4.78 is 6.17. The van der Waals surface area contributed by atoms with Gasteiger partial charge in [-0.1, -0.05) is 63.3 Å². The van der Waals surface area contributed by atoms with Crippen LogP contribution in [0.1, 0.15) is 53.0 Å². The second kappa shape index (κ2) is 8.91. The summed E-state index contributed by atoms with van der Waals surface area (Å²) in [5.74, 6) is -2.85. The summed E-state index contributed by atoms with van der Waals surface area (Å²) in [6.07, 6.45) is 4.07. The van der Waals surface area contributed by atoms with Crippen LogP contribution in [0.5, 0.6) is 0 Å². The number of carbonyl (C=O) groups is 2.